The number of para-hydroxylation sites is 1. The second-order valence-electron chi connectivity index (χ2n) is 6.43. The molecule has 1 aliphatic carbocycles. The van der Waals surface area contributed by atoms with Crippen molar-refractivity contribution < 1.29 is 19.4 Å². The molecule has 126 valence electrons. The van der Waals surface area contributed by atoms with Gasteiger partial charge in [-0.15, -0.1) is 0 Å². The lowest BCUT2D eigenvalue weighted by Crippen LogP contribution is -2.56. The van der Waals surface area contributed by atoms with Gasteiger partial charge in [0.15, 0.2) is 0 Å². The molecule has 2 N–H and O–H groups in total. The lowest BCUT2D eigenvalue weighted by atomic mass is 9.77. The molecule has 1 aromatic rings. The molecule has 0 radical (unpaired) electrons. The summed E-state index contributed by atoms with van der Waals surface area (Å²) in [4.78, 5) is 23.9. The molecular formula is C18H25NO4. The Morgan fingerprint density at radius 3 is 2.57 bits per heavy atom. The van der Waals surface area contributed by atoms with Crippen molar-refractivity contribution in [2.75, 3.05) is 7.11 Å². The van der Waals surface area contributed by atoms with Gasteiger partial charge in [-0.25, -0.2) is 4.79 Å². The van der Waals surface area contributed by atoms with Crippen LogP contribution in [0, 0.1) is 5.92 Å². The van der Waals surface area contributed by atoms with Gasteiger partial charge >= 0.3 is 5.97 Å². The molecule has 2 rings (SSSR count). The number of aliphatic carboxylic acids is 1. The molecular weight excluding hydrogens is 294 g/mol. The lowest BCUT2D eigenvalue weighted by Gasteiger charge is -2.36. The number of nitrogens with one attached hydrogen (secondary N) is 1. The third-order valence-electron chi connectivity index (χ3n) is 4.73. The largest absolute Gasteiger partial charge is 0.496 e. The van der Waals surface area contributed by atoms with Gasteiger partial charge in [-0.05, 0) is 49.7 Å². The van der Waals surface area contributed by atoms with Crippen molar-refractivity contribution in [2.24, 2.45) is 5.92 Å². The Kier molecular flexibility index (Phi) is 5.64. The quantitative estimate of drug-likeness (QED) is 0.845. The Hall–Kier alpha value is -2.04. The summed E-state index contributed by atoms with van der Waals surface area (Å²) < 4.78 is 5.27. The average Bonchev–Trinajstić information content (AvgIpc) is 2.55. The molecule has 0 unspecified atom stereocenters. The van der Waals surface area contributed by atoms with Gasteiger partial charge in [0.05, 0.1) is 7.11 Å². The molecule has 0 atom stereocenters. The topological polar surface area (TPSA) is 75.6 Å². The summed E-state index contributed by atoms with van der Waals surface area (Å²) in [6.45, 7) is 2.12. The maximum Gasteiger partial charge on any atom is 0.329 e. The van der Waals surface area contributed by atoms with Crippen molar-refractivity contribution in [3.63, 3.8) is 0 Å². The van der Waals surface area contributed by atoms with Crippen LogP contribution in [-0.2, 0) is 16.0 Å². The predicted molar refractivity (Wildman–Crippen MR) is 87.5 cm³/mol. The second-order valence-corrected chi connectivity index (χ2v) is 6.43. The highest BCUT2D eigenvalue weighted by Gasteiger charge is 2.42. The summed E-state index contributed by atoms with van der Waals surface area (Å²) >= 11 is 0. The fraction of sp³-hybridized carbons (Fsp3) is 0.556. The maximum atomic E-state index is 12.3. The van der Waals surface area contributed by atoms with E-state index in [1.807, 2.05) is 24.3 Å². The highest BCUT2D eigenvalue weighted by atomic mass is 16.5. The SMILES string of the molecule is COc1ccccc1CCC(=O)NC1(C(=O)O)CCC(C)CC1. The fourth-order valence-corrected chi connectivity index (χ4v) is 3.13. The number of aryl methyl sites for hydroxylation is 1. The number of amides is 1. The van der Waals surface area contributed by atoms with E-state index in [-0.39, 0.29) is 12.3 Å². The van der Waals surface area contributed by atoms with Crippen LogP contribution in [0.15, 0.2) is 24.3 Å². The highest BCUT2D eigenvalue weighted by Crippen LogP contribution is 2.32. The van der Waals surface area contributed by atoms with Crippen LogP contribution < -0.4 is 10.1 Å². The van der Waals surface area contributed by atoms with E-state index < -0.39 is 11.5 Å². The third-order valence-corrected chi connectivity index (χ3v) is 4.73. The predicted octanol–water partition coefficient (Wildman–Crippen LogP) is 2.78. The average molecular weight is 319 g/mol. The van der Waals surface area contributed by atoms with E-state index in [1.165, 1.54) is 0 Å². The first kappa shape index (κ1) is 17.3. The van der Waals surface area contributed by atoms with Gasteiger partial charge in [0, 0.05) is 6.42 Å². The number of carbonyl (C=O) groups is 2. The van der Waals surface area contributed by atoms with Crippen LogP contribution >= 0.6 is 0 Å². The van der Waals surface area contributed by atoms with Crippen LogP contribution in [0.1, 0.15) is 44.6 Å². The molecule has 0 saturated heterocycles. The van der Waals surface area contributed by atoms with E-state index >= 15 is 0 Å². The molecule has 0 aliphatic heterocycles. The van der Waals surface area contributed by atoms with Gasteiger partial charge in [0.2, 0.25) is 5.91 Å². The Labute approximate surface area is 137 Å². The summed E-state index contributed by atoms with van der Waals surface area (Å²) in [6.07, 6.45) is 3.46. The van der Waals surface area contributed by atoms with E-state index in [1.54, 1.807) is 7.11 Å². The van der Waals surface area contributed by atoms with Gasteiger partial charge in [0.1, 0.15) is 11.3 Å². The molecule has 0 bridgehead atoms. The molecule has 1 aromatic carbocycles. The first-order valence-electron chi connectivity index (χ1n) is 8.13. The monoisotopic (exact) mass is 319 g/mol. The Morgan fingerprint density at radius 1 is 1.30 bits per heavy atom. The fourth-order valence-electron chi connectivity index (χ4n) is 3.13. The van der Waals surface area contributed by atoms with Crippen molar-refractivity contribution in [1.29, 1.82) is 0 Å². The van der Waals surface area contributed by atoms with Crippen LogP contribution in [0.3, 0.4) is 0 Å². The highest BCUT2D eigenvalue weighted by molar-refractivity contribution is 5.87. The third kappa shape index (κ3) is 4.24. The van der Waals surface area contributed by atoms with Crippen molar-refractivity contribution >= 4 is 11.9 Å². The number of carbonyl (C=O) groups excluding carboxylic acids is 1. The summed E-state index contributed by atoms with van der Waals surface area (Å²) in [5.41, 5.74) is -0.142. The van der Waals surface area contributed by atoms with Crippen molar-refractivity contribution in [1.82, 2.24) is 5.32 Å². The van der Waals surface area contributed by atoms with Crippen LogP contribution in [0.2, 0.25) is 0 Å². The normalized spacial score (nSPS) is 24.0. The summed E-state index contributed by atoms with van der Waals surface area (Å²) in [7, 11) is 1.60. The Morgan fingerprint density at radius 2 is 1.96 bits per heavy atom. The van der Waals surface area contributed by atoms with Gasteiger partial charge in [-0.3, -0.25) is 4.79 Å². The van der Waals surface area contributed by atoms with Crippen molar-refractivity contribution in [3.8, 4) is 5.75 Å². The summed E-state index contributed by atoms with van der Waals surface area (Å²) in [5, 5.41) is 12.3. The Balaban J connectivity index is 1.96. The molecule has 5 heteroatoms. The molecule has 1 aliphatic rings. The van der Waals surface area contributed by atoms with E-state index in [9.17, 15) is 14.7 Å². The summed E-state index contributed by atoms with van der Waals surface area (Å²) in [6, 6.07) is 7.55. The molecule has 23 heavy (non-hydrogen) atoms. The molecule has 1 saturated carbocycles. The standard InChI is InChI=1S/C18H25NO4/c1-13-9-11-18(12-10-13,17(21)22)19-16(20)8-7-14-5-3-4-6-15(14)23-2/h3-6,13H,7-12H2,1-2H3,(H,19,20)(H,21,22). The smallest absolute Gasteiger partial charge is 0.329 e. The zero-order valence-electron chi connectivity index (χ0n) is 13.8. The van der Waals surface area contributed by atoms with Gasteiger partial charge < -0.3 is 15.2 Å². The van der Waals surface area contributed by atoms with Crippen LogP contribution in [0.5, 0.6) is 5.75 Å². The number of benzene rings is 1. The van der Waals surface area contributed by atoms with E-state index in [0.29, 0.717) is 25.2 Å². The minimum absolute atomic E-state index is 0.215. The summed E-state index contributed by atoms with van der Waals surface area (Å²) in [5.74, 6) is 0.135. The second kappa shape index (κ2) is 7.49. The van der Waals surface area contributed by atoms with Crippen molar-refractivity contribution in [2.45, 2.75) is 51.0 Å². The first-order chi connectivity index (χ1) is 11.0. The zero-order valence-corrected chi connectivity index (χ0v) is 13.8. The number of ether oxygens (including phenoxy) is 1. The zero-order chi connectivity index (χ0) is 16.9. The molecule has 0 heterocycles. The number of carboxylic acids is 1. The van der Waals surface area contributed by atoms with Gasteiger partial charge in [0.25, 0.3) is 0 Å². The van der Waals surface area contributed by atoms with Gasteiger partial charge in [-0.2, -0.15) is 0 Å². The number of hydrogen-bond acceptors (Lipinski definition) is 3. The molecule has 1 fully saturated rings. The number of rotatable bonds is 6. The minimum atomic E-state index is -1.09. The van der Waals surface area contributed by atoms with E-state index in [2.05, 4.69) is 12.2 Å². The molecule has 5 nitrogen and oxygen atoms in total. The van der Waals surface area contributed by atoms with Crippen LogP contribution in [0.4, 0.5) is 0 Å². The van der Waals surface area contributed by atoms with Crippen LogP contribution in [0.25, 0.3) is 0 Å². The van der Waals surface area contributed by atoms with E-state index in [0.717, 1.165) is 24.2 Å². The van der Waals surface area contributed by atoms with E-state index in [4.69, 9.17) is 4.74 Å². The number of hydrogen-bond donors (Lipinski definition) is 2. The molecule has 0 spiro atoms. The first-order valence-corrected chi connectivity index (χ1v) is 8.13. The maximum absolute atomic E-state index is 12.3. The molecule has 1 amide bonds. The van der Waals surface area contributed by atoms with Crippen molar-refractivity contribution in [3.05, 3.63) is 29.8 Å². The Bertz CT molecular complexity index is 562. The minimum Gasteiger partial charge on any atom is -0.496 e. The van der Waals surface area contributed by atoms with Crippen LogP contribution in [-0.4, -0.2) is 29.6 Å². The number of methoxy groups -OCH3 is 1. The molecule has 0 aromatic heterocycles. The number of carboxylic acid groups (broad SMARTS) is 1. The lowest BCUT2D eigenvalue weighted by molar-refractivity contribution is -0.149. The van der Waals surface area contributed by atoms with Gasteiger partial charge in [-0.1, -0.05) is 25.1 Å².